The smallest absolute Gasteiger partial charge is 0.156 e. The summed E-state index contributed by atoms with van der Waals surface area (Å²) in [5, 5.41) is 0.592. The minimum atomic E-state index is -3.06. The lowest BCUT2D eigenvalue weighted by Gasteiger charge is -1.98. The summed E-state index contributed by atoms with van der Waals surface area (Å²) in [7, 11) is -3.06. The van der Waals surface area contributed by atoms with Gasteiger partial charge in [-0.05, 0) is 12.8 Å². The van der Waals surface area contributed by atoms with Crippen molar-refractivity contribution >= 4 is 38.4 Å². The Morgan fingerprint density at radius 2 is 2.06 bits per heavy atom. The zero-order chi connectivity index (χ0) is 13.8. The second-order valence-corrected chi connectivity index (χ2v) is 7.80. The minimum Gasteiger partial charge on any atom is -0.389 e. The van der Waals surface area contributed by atoms with E-state index in [1.165, 1.54) is 11.3 Å². The highest BCUT2D eigenvalue weighted by Gasteiger charge is 2.18. The van der Waals surface area contributed by atoms with Gasteiger partial charge >= 0.3 is 0 Å². The van der Waals surface area contributed by atoms with Crippen LogP contribution in [0.4, 0.5) is 0 Å². The van der Waals surface area contributed by atoms with E-state index in [0.29, 0.717) is 16.4 Å². The Kier molecular flexibility index (Phi) is 5.68. The first-order chi connectivity index (χ1) is 8.39. The predicted octanol–water partition coefficient (Wildman–Crippen LogP) is 2.05. The Bertz CT molecular complexity index is 520. The Balaban J connectivity index is 2.98. The maximum Gasteiger partial charge on any atom is 0.156 e. The maximum absolute atomic E-state index is 11.8. The molecule has 2 N–H and O–H groups in total. The van der Waals surface area contributed by atoms with Crippen molar-refractivity contribution in [1.82, 2.24) is 4.98 Å². The van der Waals surface area contributed by atoms with Crippen LogP contribution in [0.3, 0.4) is 0 Å². The highest BCUT2D eigenvalue weighted by atomic mass is 32.2. The number of thiocarbonyl (C=S) groups is 1. The van der Waals surface area contributed by atoms with Gasteiger partial charge in [-0.25, -0.2) is 13.4 Å². The van der Waals surface area contributed by atoms with Gasteiger partial charge in [0.2, 0.25) is 0 Å². The van der Waals surface area contributed by atoms with Crippen LogP contribution < -0.4 is 5.73 Å². The lowest BCUT2D eigenvalue weighted by atomic mass is 10.2. The Morgan fingerprint density at radius 1 is 1.39 bits per heavy atom. The summed E-state index contributed by atoms with van der Waals surface area (Å²) in [5.41, 5.74) is 6.46. The van der Waals surface area contributed by atoms with E-state index in [2.05, 4.69) is 4.98 Å². The van der Waals surface area contributed by atoms with Crippen molar-refractivity contribution in [1.29, 1.82) is 0 Å². The molecule has 0 atom stereocenters. The number of sulfone groups is 1. The second kappa shape index (κ2) is 6.58. The van der Waals surface area contributed by atoms with Gasteiger partial charge in [0.15, 0.2) is 9.84 Å². The zero-order valence-corrected chi connectivity index (χ0v) is 13.1. The summed E-state index contributed by atoms with van der Waals surface area (Å²) in [6.07, 6.45) is 2.33. The fourth-order valence-electron chi connectivity index (χ4n) is 1.63. The lowest BCUT2D eigenvalue weighted by Crippen LogP contribution is -2.09. The number of aromatic nitrogens is 1. The van der Waals surface area contributed by atoms with Crippen LogP contribution in [0.5, 0.6) is 0 Å². The first-order valence-corrected chi connectivity index (χ1v) is 8.93. The first-order valence-electron chi connectivity index (χ1n) is 5.88. The quantitative estimate of drug-likeness (QED) is 0.781. The fraction of sp³-hybridized carbons (Fsp3) is 0.636. The molecule has 0 saturated carbocycles. The molecule has 0 spiro atoms. The normalized spacial score (nSPS) is 11.7. The number of rotatable bonds is 7. The molecule has 0 bridgehead atoms. The molecule has 1 aromatic heterocycles. The molecular formula is C11H18N2O2S3. The SMILES string of the molecule is CCCc1nc(CS(=O)(=O)CCC)sc1C(N)=S. The number of hydrogen-bond acceptors (Lipinski definition) is 5. The molecular weight excluding hydrogens is 288 g/mol. The molecule has 0 saturated heterocycles. The van der Waals surface area contributed by atoms with Crippen molar-refractivity contribution in [2.75, 3.05) is 5.75 Å². The van der Waals surface area contributed by atoms with E-state index in [9.17, 15) is 8.42 Å². The van der Waals surface area contributed by atoms with Crippen LogP contribution in [0.1, 0.15) is 42.3 Å². The number of hydrogen-bond donors (Lipinski definition) is 1. The number of aryl methyl sites for hydroxylation is 1. The minimum absolute atomic E-state index is 0.00909. The number of nitrogens with two attached hydrogens (primary N) is 1. The zero-order valence-electron chi connectivity index (χ0n) is 10.6. The molecule has 1 heterocycles. The van der Waals surface area contributed by atoms with E-state index in [4.69, 9.17) is 18.0 Å². The van der Waals surface area contributed by atoms with E-state index in [1.54, 1.807) is 0 Å². The molecule has 102 valence electrons. The highest BCUT2D eigenvalue weighted by Crippen LogP contribution is 2.22. The molecule has 0 amide bonds. The lowest BCUT2D eigenvalue weighted by molar-refractivity contribution is 0.593. The van der Waals surface area contributed by atoms with Gasteiger partial charge in [0.1, 0.15) is 15.7 Å². The third kappa shape index (κ3) is 4.29. The average molecular weight is 306 g/mol. The van der Waals surface area contributed by atoms with E-state index < -0.39 is 9.84 Å². The Hall–Kier alpha value is -0.530. The summed E-state index contributed by atoms with van der Waals surface area (Å²) in [5.74, 6) is 0.183. The van der Waals surface area contributed by atoms with Crippen molar-refractivity contribution < 1.29 is 8.42 Å². The molecule has 0 aliphatic rings. The standard InChI is InChI=1S/C11H18N2O2S3/c1-3-5-8-10(11(12)16)17-9(13-8)7-18(14,15)6-4-2/h3-7H2,1-2H3,(H2,12,16). The van der Waals surface area contributed by atoms with Gasteiger partial charge in [0.05, 0.1) is 16.3 Å². The Morgan fingerprint density at radius 3 is 2.56 bits per heavy atom. The van der Waals surface area contributed by atoms with Crippen LogP contribution in [0, 0.1) is 0 Å². The van der Waals surface area contributed by atoms with Crippen LogP contribution in [-0.4, -0.2) is 24.1 Å². The van der Waals surface area contributed by atoms with Gasteiger partial charge in [0, 0.05) is 0 Å². The molecule has 18 heavy (non-hydrogen) atoms. The molecule has 0 aromatic carbocycles. The molecule has 0 aliphatic heterocycles. The van der Waals surface area contributed by atoms with Crippen LogP contribution in [-0.2, 0) is 22.0 Å². The monoisotopic (exact) mass is 306 g/mol. The van der Waals surface area contributed by atoms with Gasteiger partial charge in [-0.15, -0.1) is 11.3 Å². The van der Waals surface area contributed by atoms with E-state index in [1.807, 2.05) is 13.8 Å². The van der Waals surface area contributed by atoms with E-state index >= 15 is 0 Å². The van der Waals surface area contributed by atoms with Crippen molar-refractivity contribution in [3.63, 3.8) is 0 Å². The van der Waals surface area contributed by atoms with Gasteiger partial charge in [-0.1, -0.05) is 32.5 Å². The van der Waals surface area contributed by atoms with E-state index in [0.717, 1.165) is 23.4 Å². The van der Waals surface area contributed by atoms with Crippen LogP contribution in [0.15, 0.2) is 0 Å². The van der Waals surface area contributed by atoms with Crippen molar-refractivity contribution in [2.45, 2.75) is 38.9 Å². The van der Waals surface area contributed by atoms with Crippen LogP contribution in [0.25, 0.3) is 0 Å². The van der Waals surface area contributed by atoms with E-state index in [-0.39, 0.29) is 11.5 Å². The summed E-state index contributed by atoms with van der Waals surface area (Å²) in [4.78, 5) is 5.42. The Labute approximate surface area is 118 Å². The summed E-state index contributed by atoms with van der Waals surface area (Å²) >= 11 is 6.27. The third-order valence-corrected chi connectivity index (χ3v) is 5.70. The van der Waals surface area contributed by atoms with Gasteiger partial charge in [-0.3, -0.25) is 0 Å². The molecule has 4 nitrogen and oxygen atoms in total. The van der Waals surface area contributed by atoms with Crippen molar-refractivity contribution in [3.8, 4) is 0 Å². The fourth-order valence-corrected chi connectivity index (χ4v) is 4.61. The summed E-state index contributed by atoms with van der Waals surface area (Å²) in [6, 6.07) is 0. The molecule has 7 heteroatoms. The topological polar surface area (TPSA) is 73.0 Å². The predicted molar refractivity (Wildman–Crippen MR) is 79.8 cm³/mol. The van der Waals surface area contributed by atoms with Gasteiger partial charge < -0.3 is 5.73 Å². The molecule has 0 unspecified atom stereocenters. The first kappa shape index (κ1) is 15.5. The van der Waals surface area contributed by atoms with Crippen LogP contribution >= 0.6 is 23.6 Å². The summed E-state index contributed by atoms with van der Waals surface area (Å²) in [6.45, 7) is 3.89. The molecule has 0 fully saturated rings. The molecule has 0 aliphatic carbocycles. The van der Waals surface area contributed by atoms with Crippen molar-refractivity contribution in [2.24, 2.45) is 5.73 Å². The molecule has 1 aromatic rings. The molecule has 1 rings (SSSR count). The molecule has 0 radical (unpaired) electrons. The second-order valence-electron chi connectivity index (χ2n) is 4.09. The van der Waals surface area contributed by atoms with Gasteiger partial charge in [-0.2, -0.15) is 0 Å². The number of thiazole rings is 1. The largest absolute Gasteiger partial charge is 0.389 e. The number of nitrogens with zero attached hydrogens (tertiary/aromatic N) is 1. The van der Waals surface area contributed by atoms with Crippen molar-refractivity contribution in [3.05, 3.63) is 15.6 Å². The third-order valence-electron chi connectivity index (χ3n) is 2.31. The average Bonchev–Trinajstić information content (AvgIpc) is 2.60. The maximum atomic E-state index is 11.8. The highest BCUT2D eigenvalue weighted by molar-refractivity contribution is 7.90. The van der Waals surface area contributed by atoms with Crippen LogP contribution in [0.2, 0.25) is 0 Å². The summed E-state index contributed by atoms with van der Waals surface area (Å²) < 4.78 is 23.5. The van der Waals surface area contributed by atoms with Gasteiger partial charge in [0.25, 0.3) is 0 Å².